The van der Waals surface area contributed by atoms with Crippen molar-refractivity contribution < 1.29 is 9.53 Å². The molecule has 0 saturated carbocycles. The Morgan fingerprint density at radius 3 is 2.76 bits per heavy atom. The van der Waals surface area contributed by atoms with E-state index in [0.717, 1.165) is 0 Å². The third-order valence-electron chi connectivity index (χ3n) is 1.96. The van der Waals surface area contributed by atoms with Gasteiger partial charge in [0.15, 0.2) is 6.61 Å². The molecular weight excluding hydrogens is 263 g/mol. The highest BCUT2D eigenvalue weighted by atomic mass is 35.5. The second kappa shape index (κ2) is 8.17. The SMILES string of the molecule is C[C@@H](CN)NC(=O)COc1ccccc1Cl.Cl. The fraction of sp³-hybridized carbons (Fsp3) is 0.364. The number of hydrogen-bond donors (Lipinski definition) is 2. The molecule has 4 nitrogen and oxygen atoms in total. The van der Waals surface area contributed by atoms with Gasteiger partial charge in [0.25, 0.3) is 5.91 Å². The van der Waals surface area contributed by atoms with Gasteiger partial charge in [-0.2, -0.15) is 0 Å². The van der Waals surface area contributed by atoms with Crippen molar-refractivity contribution in [2.75, 3.05) is 13.2 Å². The summed E-state index contributed by atoms with van der Waals surface area (Å²) in [6.45, 7) is 2.17. The van der Waals surface area contributed by atoms with E-state index in [2.05, 4.69) is 5.32 Å². The van der Waals surface area contributed by atoms with E-state index in [0.29, 0.717) is 17.3 Å². The number of rotatable bonds is 5. The van der Waals surface area contributed by atoms with E-state index in [1.54, 1.807) is 24.3 Å². The van der Waals surface area contributed by atoms with Crippen molar-refractivity contribution in [2.24, 2.45) is 5.73 Å². The van der Waals surface area contributed by atoms with Crippen LogP contribution in [0.3, 0.4) is 0 Å². The van der Waals surface area contributed by atoms with Gasteiger partial charge < -0.3 is 15.8 Å². The van der Waals surface area contributed by atoms with Crippen molar-refractivity contribution in [3.8, 4) is 5.75 Å². The highest BCUT2D eigenvalue weighted by Crippen LogP contribution is 2.22. The maximum Gasteiger partial charge on any atom is 0.258 e. The van der Waals surface area contributed by atoms with Crippen LogP contribution in [0.5, 0.6) is 5.75 Å². The predicted octanol–water partition coefficient (Wildman–Crippen LogP) is 1.60. The Balaban J connectivity index is 0.00000256. The average Bonchev–Trinajstić information content (AvgIpc) is 2.28. The molecule has 0 unspecified atom stereocenters. The van der Waals surface area contributed by atoms with E-state index in [9.17, 15) is 4.79 Å². The van der Waals surface area contributed by atoms with Crippen LogP contribution in [0.4, 0.5) is 0 Å². The number of benzene rings is 1. The fourth-order valence-corrected chi connectivity index (χ4v) is 1.27. The standard InChI is InChI=1S/C11H15ClN2O2.ClH/c1-8(6-13)14-11(15)7-16-10-5-3-2-4-9(10)12;/h2-5,8H,6-7,13H2,1H3,(H,14,15);1H/t8-;/m0./s1. The lowest BCUT2D eigenvalue weighted by Crippen LogP contribution is -2.40. The first-order valence-electron chi connectivity index (χ1n) is 5.00. The molecule has 0 aromatic heterocycles. The lowest BCUT2D eigenvalue weighted by atomic mass is 10.3. The number of ether oxygens (including phenoxy) is 1. The molecular formula is C11H16Cl2N2O2. The summed E-state index contributed by atoms with van der Waals surface area (Å²) in [6.07, 6.45) is 0. The third-order valence-corrected chi connectivity index (χ3v) is 2.27. The zero-order valence-corrected chi connectivity index (χ0v) is 11.1. The zero-order chi connectivity index (χ0) is 12.0. The Morgan fingerprint density at radius 1 is 1.53 bits per heavy atom. The summed E-state index contributed by atoms with van der Waals surface area (Å²) in [6, 6.07) is 6.95. The van der Waals surface area contributed by atoms with Crippen LogP contribution in [-0.2, 0) is 4.79 Å². The summed E-state index contributed by atoms with van der Waals surface area (Å²) in [7, 11) is 0. The second-order valence-electron chi connectivity index (χ2n) is 3.42. The molecule has 0 saturated heterocycles. The molecule has 0 aliphatic rings. The Bertz CT molecular complexity index is 361. The molecule has 96 valence electrons. The summed E-state index contributed by atoms with van der Waals surface area (Å²) in [5.74, 6) is 0.289. The molecule has 1 aromatic rings. The van der Waals surface area contributed by atoms with Crippen LogP contribution in [0.1, 0.15) is 6.92 Å². The number of carbonyl (C=O) groups is 1. The summed E-state index contributed by atoms with van der Waals surface area (Å²) >= 11 is 5.86. The summed E-state index contributed by atoms with van der Waals surface area (Å²) in [5, 5.41) is 3.18. The van der Waals surface area contributed by atoms with E-state index in [1.807, 2.05) is 6.92 Å². The minimum Gasteiger partial charge on any atom is -0.482 e. The minimum absolute atomic E-state index is 0. The lowest BCUT2D eigenvalue weighted by Gasteiger charge is -2.12. The first kappa shape index (κ1) is 16.0. The molecule has 17 heavy (non-hydrogen) atoms. The van der Waals surface area contributed by atoms with Crippen LogP contribution in [-0.4, -0.2) is 25.1 Å². The van der Waals surface area contributed by atoms with Crippen LogP contribution in [0, 0.1) is 0 Å². The first-order chi connectivity index (χ1) is 7.63. The minimum atomic E-state index is -0.210. The van der Waals surface area contributed by atoms with Gasteiger partial charge >= 0.3 is 0 Å². The average molecular weight is 279 g/mol. The maximum absolute atomic E-state index is 11.4. The number of para-hydroxylation sites is 1. The highest BCUT2D eigenvalue weighted by molar-refractivity contribution is 6.32. The Kier molecular flexibility index (Phi) is 7.70. The molecule has 1 rings (SSSR count). The van der Waals surface area contributed by atoms with Crippen LogP contribution < -0.4 is 15.8 Å². The number of amides is 1. The van der Waals surface area contributed by atoms with Crippen molar-refractivity contribution in [1.82, 2.24) is 5.32 Å². The molecule has 1 aromatic carbocycles. The van der Waals surface area contributed by atoms with E-state index in [-0.39, 0.29) is 31.0 Å². The highest BCUT2D eigenvalue weighted by Gasteiger charge is 2.07. The Morgan fingerprint density at radius 2 is 2.18 bits per heavy atom. The molecule has 0 aliphatic carbocycles. The Labute approximate surface area is 112 Å². The largest absolute Gasteiger partial charge is 0.482 e. The van der Waals surface area contributed by atoms with E-state index >= 15 is 0 Å². The van der Waals surface area contributed by atoms with Crippen molar-refractivity contribution in [1.29, 1.82) is 0 Å². The van der Waals surface area contributed by atoms with Crippen LogP contribution in [0.2, 0.25) is 5.02 Å². The number of nitrogens with one attached hydrogen (secondary N) is 1. The van der Waals surface area contributed by atoms with Crippen molar-refractivity contribution in [3.05, 3.63) is 29.3 Å². The molecule has 1 atom stereocenters. The molecule has 0 heterocycles. The molecule has 3 N–H and O–H groups in total. The van der Waals surface area contributed by atoms with Gasteiger partial charge in [-0.3, -0.25) is 4.79 Å². The molecule has 0 bridgehead atoms. The third kappa shape index (κ3) is 5.77. The van der Waals surface area contributed by atoms with Crippen molar-refractivity contribution >= 4 is 29.9 Å². The summed E-state index contributed by atoms with van der Waals surface area (Å²) in [4.78, 5) is 11.4. The van der Waals surface area contributed by atoms with Crippen LogP contribution >= 0.6 is 24.0 Å². The molecule has 6 heteroatoms. The smallest absolute Gasteiger partial charge is 0.258 e. The van der Waals surface area contributed by atoms with Gasteiger partial charge in [-0.1, -0.05) is 23.7 Å². The maximum atomic E-state index is 11.4. The van der Waals surface area contributed by atoms with Crippen LogP contribution in [0.25, 0.3) is 0 Å². The van der Waals surface area contributed by atoms with E-state index in [4.69, 9.17) is 22.1 Å². The van der Waals surface area contributed by atoms with Gasteiger partial charge in [-0.25, -0.2) is 0 Å². The van der Waals surface area contributed by atoms with Gasteiger partial charge in [0.05, 0.1) is 5.02 Å². The van der Waals surface area contributed by atoms with E-state index in [1.165, 1.54) is 0 Å². The van der Waals surface area contributed by atoms with Gasteiger partial charge in [0.2, 0.25) is 0 Å². The predicted molar refractivity (Wildman–Crippen MR) is 70.9 cm³/mol. The molecule has 1 amide bonds. The quantitative estimate of drug-likeness (QED) is 0.860. The zero-order valence-electron chi connectivity index (χ0n) is 9.48. The molecule has 0 aliphatic heterocycles. The monoisotopic (exact) mass is 278 g/mol. The van der Waals surface area contributed by atoms with Gasteiger partial charge in [0.1, 0.15) is 5.75 Å². The first-order valence-corrected chi connectivity index (χ1v) is 5.38. The number of halogens is 2. The van der Waals surface area contributed by atoms with Gasteiger partial charge in [0, 0.05) is 12.6 Å². The summed E-state index contributed by atoms with van der Waals surface area (Å²) in [5.41, 5.74) is 5.38. The second-order valence-corrected chi connectivity index (χ2v) is 3.83. The van der Waals surface area contributed by atoms with Gasteiger partial charge in [-0.15, -0.1) is 12.4 Å². The topological polar surface area (TPSA) is 64.3 Å². The lowest BCUT2D eigenvalue weighted by molar-refractivity contribution is -0.123. The summed E-state index contributed by atoms with van der Waals surface area (Å²) < 4.78 is 5.26. The molecule has 0 spiro atoms. The molecule has 0 fully saturated rings. The van der Waals surface area contributed by atoms with Crippen LogP contribution in [0.15, 0.2) is 24.3 Å². The van der Waals surface area contributed by atoms with E-state index < -0.39 is 0 Å². The van der Waals surface area contributed by atoms with Crippen molar-refractivity contribution in [2.45, 2.75) is 13.0 Å². The molecule has 0 radical (unpaired) electrons. The normalized spacial score (nSPS) is 11.2. The number of nitrogens with two attached hydrogens (primary N) is 1. The van der Waals surface area contributed by atoms with Crippen molar-refractivity contribution in [3.63, 3.8) is 0 Å². The fourth-order valence-electron chi connectivity index (χ4n) is 1.08. The van der Waals surface area contributed by atoms with Gasteiger partial charge in [-0.05, 0) is 19.1 Å². The Hall–Kier alpha value is -0.970. The number of hydrogen-bond acceptors (Lipinski definition) is 3. The number of carbonyl (C=O) groups excluding carboxylic acids is 1.